The second-order valence-electron chi connectivity index (χ2n) is 4.81. The van der Waals surface area contributed by atoms with E-state index >= 15 is 0 Å². The number of halogens is 1. The number of carboxylic acid groups (broad SMARTS) is 1. The van der Waals surface area contributed by atoms with Gasteiger partial charge in [0.05, 0.1) is 5.92 Å². The molecule has 0 saturated carbocycles. The van der Waals surface area contributed by atoms with Crippen LogP contribution >= 0.6 is 0 Å². The highest BCUT2D eigenvalue weighted by molar-refractivity contribution is 5.69. The monoisotopic (exact) mass is 267 g/mol. The van der Waals surface area contributed by atoms with Crippen molar-refractivity contribution >= 4 is 5.97 Å². The maximum Gasteiger partial charge on any atom is 0.307 e. The summed E-state index contributed by atoms with van der Waals surface area (Å²) < 4.78 is 13.3. The molecule has 0 aliphatic heterocycles. The van der Waals surface area contributed by atoms with Crippen LogP contribution in [0.5, 0.6) is 0 Å². The number of carbonyl (C=O) groups is 1. The number of rotatable bonds is 7. The van der Waals surface area contributed by atoms with E-state index in [1.165, 1.54) is 12.1 Å². The average molecular weight is 267 g/mol. The third kappa shape index (κ3) is 4.31. The second kappa shape index (κ2) is 7.24. The predicted molar refractivity (Wildman–Crippen MR) is 73.5 cm³/mol. The van der Waals surface area contributed by atoms with Gasteiger partial charge in [0.2, 0.25) is 0 Å². The minimum atomic E-state index is -0.799. The molecule has 0 aromatic heterocycles. The van der Waals surface area contributed by atoms with Crippen LogP contribution < -0.4 is 0 Å². The second-order valence-corrected chi connectivity index (χ2v) is 4.81. The molecule has 1 rings (SSSR count). The Labute approximate surface area is 114 Å². The first-order valence-electron chi connectivity index (χ1n) is 6.71. The first-order valence-corrected chi connectivity index (χ1v) is 6.71. The van der Waals surface area contributed by atoms with Crippen molar-refractivity contribution in [2.45, 2.75) is 33.2 Å². The van der Waals surface area contributed by atoms with E-state index in [9.17, 15) is 9.18 Å². The van der Waals surface area contributed by atoms with Crippen molar-refractivity contribution < 1.29 is 14.3 Å². The van der Waals surface area contributed by atoms with Crippen molar-refractivity contribution in [1.82, 2.24) is 4.90 Å². The van der Waals surface area contributed by atoms with Crippen molar-refractivity contribution in [2.75, 3.05) is 13.1 Å². The zero-order valence-electron chi connectivity index (χ0n) is 11.8. The summed E-state index contributed by atoms with van der Waals surface area (Å²) in [5, 5.41) is 9.01. The molecule has 2 unspecified atom stereocenters. The number of aliphatic carboxylic acids is 1. The molecular weight excluding hydrogens is 245 g/mol. The smallest absolute Gasteiger partial charge is 0.307 e. The number of benzene rings is 1. The molecule has 0 bridgehead atoms. The highest BCUT2D eigenvalue weighted by Crippen LogP contribution is 2.25. The van der Waals surface area contributed by atoms with Crippen LogP contribution in [-0.4, -0.2) is 29.1 Å². The van der Waals surface area contributed by atoms with E-state index in [2.05, 4.69) is 4.90 Å². The van der Waals surface area contributed by atoms with E-state index in [1.54, 1.807) is 13.0 Å². The molecule has 1 aromatic rings. The molecule has 0 spiro atoms. The van der Waals surface area contributed by atoms with Gasteiger partial charge in [-0.1, -0.05) is 32.9 Å². The summed E-state index contributed by atoms with van der Waals surface area (Å²) >= 11 is 0. The Morgan fingerprint density at radius 1 is 1.42 bits per heavy atom. The highest BCUT2D eigenvalue weighted by Gasteiger charge is 2.22. The van der Waals surface area contributed by atoms with E-state index in [-0.39, 0.29) is 11.9 Å². The van der Waals surface area contributed by atoms with E-state index in [0.29, 0.717) is 6.54 Å². The minimum Gasteiger partial charge on any atom is -0.481 e. The largest absolute Gasteiger partial charge is 0.481 e. The Kier molecular flexibility index (Phi) is 5.96. The lowest BCUT2D eigenvalue weighted by Gasteiger charge is -2.31. The van der Waals surface area contributed by atoms with Gasteiger partial charge in [0.25, 0.3) is 0 Å². The maximum absolute atomic E-state index is 13.3. The molecule has 4 heteroatoms. The fourth-order valence-electron chi connectivity index (χ4n) is 2.33. The van der Waals surface area contributed by atoms with Crippen LogP contribution in [0.2, 0.25) is 0 Å². The van der Waals surface area contributed by atoms with Gasteiger partial charge in [0.1, 0.15) is 5.82 Å². The molecule has 1 N–H and O–H groups in total. The van der Waals surface area contributed by atoms with E-state index < -0.39 is 11.9 Å². The lowest BCUT2D eigenvalue weighted by atomic mass is 10.0. The SMILES string of the molecule is CCC(c1cccc(F)c1)N(CC)CC(C)C(=O)O. The van der Waals surface area contributed by atoms with Gasteiger partial charge in [-0.2, -0.15) is 0 Å². The van der Waals surface area contributed by atoms with Crippen LogP contribution in [0.1, 0.15) is 38.8 Å². The number of carboxylic acids is 1. The Morgan fingerprint density at radius 2 is 2.11 bits per heavy atom. The normalized spacial score (nSPS) is 14.4. The van der Waals surface area contributed by atoms with Gasteiger partial charge in [0, 0.05) is 12.6 Å². The molecule has 0 heterocycles. The van der Waals surface area contributed by atoms with Crippen molar-refractivity contribution in [3.63, 3.8) is 0 Å². The van der Waals surface area contributed by atoms with Crippen molar-refractivity contribution in [1.29, 1.82) is 0 Å². The summed E-state index contributed by atoms with van der Waals surface area (Å²) in [7, 11) is 0. The van der Waals surface area contributed by atoms with Crippen LogP contribution in [0.3, 0.4) is 0 Å². The molecule has 0 saturated heterocycles. The van der Waals surface area contributed by atoms with E-state index in [4.69, 9.17) is 5.11 Å². The van der Waals surface area contributed by atoms with Gasteiger partial charge in [-0.15, -0.1) is 0 Å². The molecule has 0 radical (unpaired) electrons. The lowest BCUT2D eigenvalue weighted by molar-refractivity contribution is -0.141. The summed E-state index contributed by atoms with van der Waals surface area (Å²) in [6.07, 6.45) is 0.823. The van der Waals surface area contributed by atoms with Gasteiger partial charge < -0.3 is 5.11 Å². The molecule has 0 amide bonds. The Balaban J connectivity index is 2.89. The molecule has 0 aliphatic rings. The molecule has 2 atom stereocenters. The van der Waals surface area contributed by atoms with Gasteiger partial charge in [-0.25, -0.2) is 4.39 Å². The summed E-state index contributed by atoms with van der Waals surface area (Å²) in [5.41, 5.74) is 0.905. The molecule has 3 nitrogen and oxygen atoms in total. The Hall–Kier alpha value is -1.42. The molecule has 1 aromatic carbocycles. The predicted octanol–water partition coefficient (Wildman–Crippen LogP) is 3.32. The van der Waals surface area contributed by atoms with Crippen LogP contribution in [-0.2, 0) is 4.79 Å². The van der Waals surface area contributed by atoms with Crippen LogP contribution in [0.4, 0.5) is 4.39 Å². The molecule has 106 valence electrons. The first kappa shape index (κ1) is 15.6. The van der Waals surface area contributed by atoms with Crippen LogP contribution in [0, 0.1) is 11.7 Å². The quantitative estimate of drug-likeness (QED) is 0.824. The molecular formula is C15H22FNO2. The maximum atomic E-state index is 13.3. The fourth-order valence-corrected chi connectivity index (χ4v) is 2.33. The number of hydrogen-bond acceptors (Lipinski definition) is 2. The number of hydrogen-bond donors (Lipinski definition) is 1. The van der Waals surface area contributed by atoms with E-state index in [0.717, 1.165) is 18.5 Å². The lowest BCUT2D eigenvalue weighted by Crippen LogP contribution is -2.34. The summed E-state index contributed by atoms with van der Waals surface area (Å²) in [6.45, 7) is 6.94. The van der Waals surface area contributed by atoms with Gasteiger partial charge in [0.15, 0.2) is 0 Å². The van der Waals surface area contributed by atoms with Crippen molar-refractivity contribution in [3.8, 4) is 0 Å². The topological polar surface area (TPSA) is 40.5 Å². The zero-order valence-corrected chi connectivity index (χ0v) is 11.8. The third-order valence-electron chi connectivity index (χ3n) is 3.40. The Bertz CT molecular complexity index is 422. The van der Waals surface area contributed by atoms with Gasteiger partial charge >= 0.3 is 5.97 Å². The van der Waals surface area contributed by atoms with Crippen LogP contribution in [0.15, 0.2) is 24.3 Å². The summed E-state index contributed by atoms with van der Waals surface area (Å²) in [5.74, 6) is -1.48. The van der Waals surface area contributed by atoms with Gasteiger partial charge in [-0.05, 0) is 30.7 Å². The minimum absolute atomic E-state index is 0.0579. The fraction of sp³-hybridized carbons (Fsp3) is 0.533. The molecule has 0 aliphatic carbocycles. The van der Waals surface area contributed by atoms with Crippen molar-refractivity contribution in [3.05, 3.63) is 35.6 Å². The standard InChI is InChI=1S/C15H22FNO2/c1-4-14(12-7-6-8-13(16)9-12)17(5-2)10-11(3)15(18)19/h6-9,11,14H,4-5,10H2,1-3H3,(H,18,19). The van der Waals surface area contributed by atoms with Gasteiger partial charge in [-0.3, -0.25) is 9.69 Å². The summed E-state index contributed by atoms with van der Waals surface area (Å²) in [6, 6.07) is 6.60. The third-order valence-corrected chi connectivity index (χ3v) is 3.40. The highest BCUT2D eigenvalue weighted by atomic mass is 19.1. The van der Waals surface area contributed by atoms with Crippen LogP contribution in [0.25, 0.3) is 0 Å². The molecule has 0 fully saturated rings. The average Bonchev–Trinajstić information content (AvgIpc) is 2.38. The zero-order chi connectivity index (χ0) is 14.4. The van der Waals surface area contributed by atoms with E-state index in [1.807, 2.05) is 19.9 Å². The van der Waals surface area contributed by atoms with Crippen molar-refractivity contribution in [2.24, 2.45) is 5.92 Å². The Morgan fingerprint density at radius 3 is 2.58 bits per heavy atom. The first-order chi connectivity index (χ1) is 8.99. The molecule has 19 heavy (non-hydrogen) atoms. The number of nitrogens with zero attached hydrogens (tertiary/aromatic N) is 1. The summed E-state index contributed by atoms with van der Waals surface area (Å²) in [4.78, 5) is 13.1.